The molecule has 2 fully saturated rings. The Morgan fingerprint density at radius 2 is 1.21 bits per heavy atom. The molecule has 8 N–H and O–H groups in total. The Hall–Kier alpha value is -2.33. The summed E-state index contributed by atoms with van der Waals surface area (Å²) in [5, 5.41) is 72.6. The van der Waals surface area contributed by atoms with Crippen molar-refractivity contribution in [3.05, 3.63) is 48.5 Å². The Kier molecular flexibility index (Phi) is 9.47. The van der Waals surface area contributed by atoms with Crippen molar-refractivity contribution in [2.75, 3.05) is 51.3 Å². The Labute approximate surface area is 230 Å². The summed E-state index contributed by atoms with van der Waals surface area (Å²) >= 11 is 0.527. The van der Waals surface area contributed by atoms with E-state index in [-0.39, 0.29) is 13.2 Å². The van der Waals surface area contributed by atoms with Crippen LogP contribution in [-0.2, 0) is 9.47 Å². The number of anilines is 2. The highest BCUT2D eigenvalue weighted by Gasteiger charge is 2.62. The lowest BCUT2D eigenvalue weighted by atomic mass is 9.95. The smallest absolute Gasteiger partial charge is 0.164 e. The first-order valence-corrected chi connectivity index (χ1v) is 13.3. The zero-order valence-corrected chi connectivity index (χ0v) is 22.5. The minimum Gasteiger partial charge on any atom is -0.497 e. The first kappa shape index (κ1) is 29.6. The zero-order chi connectivity index (χ0) is 28.2. The highest BCUT2D eigenvalue weighted by molar-refractivity contribution is 8.01. The summed E-state index contributed by atoms with van der Waals surface area (Å²) < 4.78 is 21.7. The van der Waals surface area contributed by atoms with Gasteiger partial charge in [0.05, 0.1) is 52.7 Å². The van der Waals surface area contributed by atoms with Crippen molar-refractivity contribution in [1.82, 2.24) is 0 Å². The number of rotatable bonds is 10. The zero-order valence-electron chi connectivity index (χ0n) is 21.6. The summed E-state index contributed by atoms with van der Waals surface area (Å²) in [7, 11) is 3.01. The molecule has 12 nitrogen and oxygen atoms in total. The van der Waals surface area contributed by atoms with Crippen molar-refractivity contribution in [3.8, 4) is 11.5 Å². The van der Waals surface area contributed by atoms with Gasteiger partial charge in [0, 0.05) is 23.5 Å². The van der Waals surface area contributed by atoms with Crippen molar-refractivity contribution in [1.29, 1.82) is 0 Å². The molecule has 2 aliphatic heterocycles. The van der Waals surface area contributed by atoms with Crippen molar-refractivity contribution in [3.63, 3.8) is 0 Å². The summed E-state index contributed by atoms with van der Waals surface area (Å²) in [6.45, 7) is -1.71. The monoisotopic (exact) mass is 568 g/mol. The molecule has 0 amide bonds. The fourth-order valence-corrected chi connectivity index (χ4v) is 6.64. The molecule has 0 saturated carbocycles. The molecule has 39 heavy (non-hydrogen) atoms. The Morgan fingerprint density at radius 3 is 1.56 bits per heavy atom. The quantitative estimate of drug-likeness (QED) is 0.173. The number of ether oxygens (including phenoxy) is 4. The van der Waals surface area contributed by atoms with E-state index < -0.39 is 59.6 Å². The molecule has 13 heteroatoms. The molecule has 216 valence electrons. The van der Waals surface area contributed by atoms with Crippen LogP contribution in [0.3, 0.4) is 0 Å². The molecule has 0 radical (unpaired) electrons. The van der Waals surface area contributed by atoms with Gasteiger partial charge in [-0.15, -0.1) is 0 Å². The molecule has 2 heterocycles. The number of aliphatic hydroxyl groups is 6. The molecule has 0 bridgehead atoms. The molecule has 0 aliphatic carbocycles. The highest BCUT2D eigenvalue weighted by Crippen LogP contribution is 2.49. The molecule has 2 saturated heterocycles. The molecular formula is C26H36N2O10S. The van der Waals surface area contributed by atoms with Gasteiger partial charge in [0.1, 0.15) is 35.9 Å². The van der Waals surface area contributed by atoms with Gasteiger partial charge in [-0.25, -0.2) is 0 Å². The second-order valence-electron chi connectivity index (χ2n) is 9.46. The first-order chi connectivity index (χ1) is 18.7. The third-order valence-corrected chi connectivity index (χ3v) is 8.65. The summed E-state index contributed by atoms with van der Waals surface area (Å²) in [4.78, 5) is -4.38. The molecule has 0 aromatic heterocycles. The highest BCUT2D eigenvalue weighted by atomic mass is 32.2. The van der Waals surface area contributed by atoms with E-state index in [4.69, 9.17) is 18.9 Å². The van der Waals surface area contributed by atoms with Crippen LogP contribution in [-0.4, -0.2) is 118 Å². The SMILES string of the molecule is COc1cccc(N[C@H]2[C@@H](O)CO[C@H](CO)[C@]2(O)S[C@@]2(O)[C@@H](CO)OC[C@H](O)[C@@H]2Nc2cccc(OC)c2)c1. The topological polar surface area (TPSA) is 182 Å². The summed E-state index contributed by atoms with van der Waals surface area (Å²) in [6, 6.07) is 11.3. The summed E-state index contributed by atoms with van der Waals surface area (Å²) in [6.07, 6.45) is -5.08. The van der Waals surface area contributed by atoms with Crippen LogP contribution in [0.25, 0.3) is 0 Å². The van der Waals surface area contributed by atoms with Crippen molar-refractivity contribution < 1.29 is 49.6 Å². The predicted octanol–water partition coefficient (Wildman–Crippen LogP) is -0.421. The van der Waals surface area contributed by atoms with E-state index in [0.717, 1.165) is 0 Å². The lowest BCUT2D eigenvalue weighted by Gasteiger charge is -2.54. The lowest BCUT2D eigenvalue weighted by Crippen LogP contribution is -2.71. The van der Waals surface area contributed by atoms with Crippen LogP contribution in [0.1, 0.15) is 0 Å². The summed E-state index contributed by atoms with van der Waals surface area (Å²) in [5.74, 6) is 1.06. The maximum atomic E-state index is 12.1. The standard InChI is InChI=1S/C26H36N2O10S/c1-35-17-7-3-5-15(9-17)27-23-19(31)13-37-21(11-29)25(23,33)39-26(34)22(12-30)38-14-20(32)24(26)28-16-6-4-8-18(10-16)36-2/h3-10,19-24,27-34H,11-14H2,1-2H3/t19-,20-,21+,22+,23-,24-,25-,26-/m0/s1. The van der Waals surface area contributed by atoms with Crippen LogP contribution in [0.4, 0.5) is 11.4 Å². The Morgan fingerprint density at radius 1 is 0.795 bits per heavy atom. The normalized spacial score (nSPS) is 34.8. The number of hydrogen-bond donors (Lipinski definition) is 8. The minimum absolute atomic E-state index is 0.206. The molecule has 4 rings (SSSR count). The van der Waals surface area contributed by atoms with Crippen molar-refractivity contribution >= 4 is 23.1 Å². The van der Waals surface area contributed by atoms with E-state index in [9.17, 15) is 30.6 Å². The lowest BCUT2D eigenvalue weighted by molar-refractivity contribution is -0.174. The van der Waals surface area contributed by atoms with E-state index >= 15 is 0 Å². The maximum Gasteiger partial charge on any atom is 0.164 e. The van der Waals surface area contributed by atoms with Crippen LogP contribution in [0.15, 0.2) is 48.5 Å². The average molecular weight is 569 g/mol. The van der Waals surface area contributed by atoms with Gasteiger partial charge in [-0.1, -0.05) is 23.9 Å². The van der Waals surface area contributed by atoms with E-state index in [1.54, 1.807) is 48.5 Å². The van der Waals surface area contributed by atoms with E-state index in [1.165, 1.54) is 14.2 Å². The maximum absolute atomic E-state index is 12.1. The number of nitrogens with one attached hydrogen (secondary N) is 2. The Bertz CT molecular complexity index is 1010. The second-order valence-corrected chi connectivity index (χ2v) is 11.0. The van der Waals surface area contributed by atoms with Gasteiger partial charge in [0.25, 0.3) is 0 Å². The van der Waals surface area contributed by atoms with Gasteiger partial charge in [-0.3, -0.25) is 0 Å². The third kappa shape index (κ3) is 6.06. The molecule has 8 atom stereocenters. The van der Waals surface area contributed by atoms with Crippen LogP contribution < -0.4 is 20.1 Å². The van der Waals surface area contributed by atoms with Crippen LogP contribution in [0, 0.1) is 0 Å². The largest absolute Gasteiger partial charge is 0.497 e. The average Bonchev–Trinajstić information content (AvgIpc) is 2.93. The van der Waals surface area contributed by atoms with E-state index in [2.05, 4.69) is 10.6 Å². The Balaban J connectivity index is 1.73. The van der Waals surface area contributed by atoms with Crippen LogP contribution >= 0.6 is 11.8 Å². The van der Waals surface area contributed by atoms with Crippen molar-refractivity contribution in [2.24, 2.45) is 0 Å². The number of methoxy groups -OCH3 is 2. The second kappa shape index (κ2) is 12.5. The number of thioether (sulfide) groups is 1. The summed E-state index contributed by atoms with van der Waals surface area (Å²) in [5.41, 5.74) is 0.986. The number of benzene rings is 2. The number of hydrogen-bond acceptors (Lipinski definition) is 13. The molecule has 0 spiro atoms. The first-order valence-electron chi connectivity index (χ1n) is 12.5. The fraction of sp³-hybridized carbons (Fsp3) is 0.538. The van der Waals surface area contributed by atoms with Gasteiger partial charge < -0.3 is 60.2 Å². The number of aliphatic hydroxyl groups excluding tert-OH is 4. The fourth-order valence-electron chi connectivity index (χ4n) is 4.88. The minimum atomic E-state index is -2.19. The molecule has 0 unspecified atom stereocenters. The molecular weight excluding hydrogens is 532 g/mol. The predicted molar refractivity (Wildman–Crippen MR) is 144 cm³/mol. The van der Waals surface area contributed by atoms with E-state index in [1.807, 2.05) is 0 Å². The van der Waals surface area contributed by atoms with Gasteiger partial charge in [0.2, 0.25) is 0 Å². The third-order valence-electron chi connectivity index (χ3n) is 6.96. The van der Waals surface area contributed by atoms with Crippen LogP contribution in [0.5, 0.6) is 11.5 Å². The van der Waals surface area contributed by atoms with E-state index in [0.29, 0.717) is 34.6 Å². The van der Waals surface area contributed by atoms with Gasteiger partial charge in [-0.05, 0) is 24.3 Å². The van der Waals surface area contributed by atoms with Crippen LogP contribution in [0.2, 0.25) is 0 Å². The van der Waals surface area contributed by atoms with Gasteiger partial charge >= 0.3 is 0 Å². The molecule has 2 aliphatic rings. The molecule has 2 aromatic carbocycles. The van der Waals surface area contributed by atoms with Gasteiger partial charge in [-0.2, -0.15) is 0 Å². The van der Waals surface area contributed by atoms with Crippen molar-refractivity contribution in [2.45, 2.75) is 46.4 Å². The van der Waals surface area contributed by atoms with Gasteiger partial charge in [0.15, 0.2) is 9.87 Å². The molecule has 2 aromatic rings.